The third-order valence-corrected chi connectivity index (χ3v) is 4.98. The second kappa shape index (κ2) is 10.5. The number of primary amides is 1. The Morgan fingerprint density at radius 3 is 2.33 bits per heavy atom. The third-order valence-electron chi connectivity index (χ3n) is 4.38. The van der Waals surface area contributed by atoms with Gasteiger partial charge in [0.15, 0.2) is 24.9 Å². The van der Waals surface area contributed by atoms with E-state index in [0.29, 0.717) is 22.1 Å². The fraction of sp³-hybridized carbons (Fsp3) is 0.182. The largest absolute Gasteiger partial charge is 0.484 e. The lowest BCUT2D eigenvalue weighted by Crippen LogP contribution is -2.20. The molecule has 1 amide bonds. The second-order valence-corrected chi connectivity index (χ2v) is 7.40. The fourth-order valence-corrected chi connectivity index (χ4v) is 2.85. The van der Waals surface area contributed by atoms with Gasteiger partial charge >= 0.3 is 5.97 Å². The predicted octanol–water partition coefficient (Wildman–Crippen LogP) is 2.53. The number of oxime groups is 1. The zero-order valence-corrected chi connectivity index (χ0v) is 18.7. The molecule has 0 aliphatic heterocycles. The first-order valence-electron chi connectivity index (χ1n) is 9.72. The maximum Gasteiger partial charge on any atom is 0.385 e. The van der Waals surface area contributed by atoms with Gasteiger partial charge in [0, 0.05) is 16.8 Å². The number of carbonyl (C=O) groups excluding carboxylic acids is 2. The SMILES string of the molecule is Cc1cc(OCn2ccc(C(=O)O/N=C(\N)c3ccc(OCC(N)=O)cc3)n2)cc(C)c1Cl. The predicted molar refractivity (Wildman–Crippen MR) is 121 cm³/mol. The van der Waals surface area contributed by atoms with E-state index in [1.165, 1.54) is 10.7 Å². The van der Waals surface area contributed by atoms with E-state index in [1.807, 2.05) is 26.0 Å². The van der Waals surface area contributed by atoms with Crippen LogP contribution in [0.1, 0.15) is 27.2 Å². The first kappa shape index (κ1) is 23.6. The molecule has 10 nitrogen and oxygen atoms in total. The lowest BCUT2D eigenvalue weighted by molar-refractivity contribution is -0.119. The van der Waals surface area contributed by atoms with Crippen molar-refractivity contribution in [2.75, 3.05) is 6.61 Å². The molecule has 172 valence electrons. The summed E-state index contributed by atoms with van der Waals surface area (Å²) in [5, 5.41) is 8.45. The molecule has 1 aromatic heterocycles. The molecular formula is C22H22ClN5O5. The van der Waals surface area contributed by atoms with Gasteiger partial charge in [0.1, 0.15) is 11.5 Å². The van der Waals surface area contributed by atoms with Gasteiger partial charge in [-0.05, 0) is 67.4 Å². The lowest BCUT2D eigenvalue weighted by Gasteiger charge is -2.09. The van der Waals surface area contributed by atoms with Crippen molar-refractivity contribution >= 4 is 29.3 Å². The van der Waals surface area contributed by atoms with E-state index in [4.69, 9.17) is 37.4 Å². The summed E-state index contributed by atoms with van der Waals surface area (Å²) < 4.78 is 12.3. The minimum atomic E-state index is -0.781. The zero-order chi connectivity index (χ0) is 24.0. The third kappa shape index (κ3) is 6.47. The maximum absolute atomic E-state index is 12.2. The van der Waals surface area contributed by atoms with Gasteiger partial charge in [-0.1, -0.05) is 16.8 Å². The normalized spacial score (nSPS) is 11.2. The van der Waals surface area contributed by atoms with Gasteiger partial charge in [-0.3, -0.25) is 4.79 Å². The molecule has 0 atom stereocenters. The van der Waals surface area contributed by atoms with E-state index in [1.54, 1.807) is 30.5 Å². The summed E-state index contributed by atoms with van der Waals surface area (Å²) in [6.45, 7) is 3.63. The van der Waals surface area contributed by atoms with Crippen molar-refractivity contribution in [1.29, 1.82) is 0 Å². The van der Waals surface area contributed by atoms with E-state index >= 15 is 0 Å². The molecule has 0 aliphatic rings. The van der Waals surface area contributed by atoms with Gasteiger partial charge in [-0.2, -0.15) is 5.10 Å². The van der Waals surface area contributed by atoms with Crippen LogP contribution in [0, 0.1) is 13.8 Å². The number of nitrogens with zero attached hydrogens (tertiary/aromatic N) is 3. The van der Waals surface area contributed by atoms with Crippen LogP contribution in [-0.4, -0.2) is 34.1 Å². The Morgan fingerprint density at radius 2 is 1.70 bits per heavy atom. The van der Waals surface area contributed by atoms with Crippen molar-refractivity contribution in [3.05, 3.63) is 76.1 Å². The van der Waals surface area contributed by atoms with Crippen LogP contribution in [0.4, 0.5) is 0 Å². The smallest absolute Gasteiger partial charge is 0.385 e. The molecule has 0 unspecified atom stereocenters. The standard InChI is InChI=1S/C22H22ClN5O5/c1-13-9-17(10-14(2)20(13)23)32-12-28-8-7-18(26-28)22(30)33-27-21(25)15-3-5-16(6-4-15)31-11-19(24)29/h3-10H,11-12H2,1-2H3,(H2,24,29)(H2,25,27). The van der Waals surface area contributed by atoms with E-state index in [2.05, 4.69) is 10.3 Å². The first-order chi connectivity index (χ1) is 15.7. The Balaban J connectivity index is 1.55. The fourth-order valence-electron chi connectivity index (χ4n) is 2.74. The number of rotatable bonds is 9. The number of ether oxygens (including phenoxy) is 2. The summed E-state index contributed by atoms with van der Waals surface area (Å²) in [5.74, 6) is -0.329. The van der Waals surface area contributed by atoms with Crippen molar-refractivity contribution in [2.45, 2.75) is 20.6 Å². The molecule has 3 aromatic rings. The van der Waals surface area contributed by atoms with Gasteiger partial charge in [-0.15, -0.1) is 0 Å². The summed E-state index contributed by atoms with van der Waals surface area (Å²) in [7, 11) is 0. The summed E-state index contributed by atoms with van der Waals surface area (Å²) in [6, 6.07) is 11.5. The molecule has 0 radical (unpaired) electrons. The summed E-state index contributed by atoms with van der Waals surface area (Å²) in [6.07, 6.45) is 1.57. The van der Waals surface area contributed by atoms with Crippen molar-refractivity contribution in [3.8, 4) is 11.5 Å². The molecule has 0 saturated carbocycles. The first-order valence-corrected chi connectivity index (χ1v) is 10.1. The minimum Gasteiger partial charge on any atom is -0.484 e. The molecule has 0 bridgehead atoms. The molecule has 1 heterocycles. The van der Waals surface area contributed by atoms with Crippen LogP contribution >= 0.6 is 11.6 Å². The van der Waals surface area contributed by atoms with Gasteiger partial charge in [0.05, 0.1) is 0 Å². The van der Waals surface area contributed by atoms with Gasteiger partial charge in [0.25, 0.3) is 5.91 Å². The summed E-state index contributed by atoms with van der Waals surface area (Å²) >= 11 is 6.16. The Kier molecular flexibility index (Phi) is 7.52. The second-order valence-electron chi connectivity index (χ2n) is 7.02. The van der Waals surface area contributed by atoms with Gasteiger partial charge in [0.2, 0.25) is 0 Å². The van der Waals surface area contributed by atoms with Crippen LogP contribution < -0.4 is 20.9 Å². The van der Waals surface area contributed by atoms with Crippen molar-refractivity contribution in [3.63, 3.8) is 0 Å². The number of aryl methyl sites for hydroxylation is 2. The number of hydrogen-bond acceptors (Lipinski definition) is 7. The quantitative estimate of drug-likeness (QED) is 0.211. The molecule has 11 heteroatoms. The number of amides is 1. The molecule has 33 heavy (non-hydrogen) atoms. The Hall–Kier alpha value is -4.05. The number of benzene rings is 2. The Labute approximate surface area is 194 Å². The lowest BCUT2D eigenvalue weighted by atomic mass is 10.1. The highest BCUT2D eigenvalue weighted by atomic mass is 35.5. The molecule has 3 rings (SSSR count). The molecule has 0 fully saturated rings. The Morgan fingerprint density at radius 1 is 1.03 bits per heavy atom. The number of aromatic nitrogens is 2. The van der Waals surface area contributed by atoms with E-state index in [0.717, 1.165) is 11.1 Å². The number of carbonyl (C=O) groups is 2. The van der Waals surface area contributed by atoms with Gasteiger partial charge in [-0.25, -0.2) is 9.48 Å². The monoisotopic (exact) mass is 471 g/mol. The van der Waals surface area contributed by atoms with Crippen molar-refractivity contribution in [2.24, 2.45) is 16.6 Å². The summed E-state index contributed by atoms with van der Waals surface area (Å²) in [5.41, 5.74) is 13.2. The average Bonchev–Trinajstić information content (AvgIpc) is 3.27. The summed E-state index contributed by atoms with van der Waals surface area (Å²) in [4.78, 5) is 27.8. The average molecular weight is 472 g/mol. The van der Waals surface area contributed by atoms with Gasteiger partial charge < -0.3 is 25.8 Å². The Bertz CT molecular complexity index is 1170. The van der Waals surface area contributed by atoms with E-state index in [-0.39, 0.29) is 24.9 Å². The van der Waals surface area contributed by atoms with Crippen molar-refractivity contribution < 1.29 is 23.9 Å². The number of hydrogen-bond donors (Lipinski definition) is 2. The van der Waals surface area contributed by atoms with Crippen LogP contribution in [0.25, 0.3) is 0 Å². The highest BCUT2D eigenvalue weighted by Crippen LogP contribution is 2.26. The molecule has 0 saturated heterocycles. The zero-order valence-electron chi connectivity index (χ0n) is 17.9. The molecule has 0 aliphatic carbocycles. The molecule has 2 aromatic carbocycles. The topological polar surface area (TPSA) is 144 Å². The van der Waals surface area contributed by atoms with Crippen LogP contribution in [0.5, 0.6) is 11.5 Å². The number of halogens is 1. The minimum absolute atomic E-state index is 0.0268. The molecule has 0 spiro atoms. The van der Waals surface area contributed by atoms with Crippen LogP contribution in [0.3, 0.4) is 0 Å². The highest BCUT2D eigenvalue weighted by molar-refractivity contribution is 6.32. The van der Waals surface area contributed by atoms with Crippen LogP contribution in [0.2, 0.25) is 5.02 Å². The van der Waals surface area contributed by atoms with Crippen LogP contribution in [0.15, 0.2) is 53.8 Å². The van der Waals surface area contributed by atoms with Crippen LogP contribution in [-0.2, 0) is 16.4 Å². The molecule has 4 N–H and O–H groups in total. The van der Waals surface area contributed by atoms with Crippen molar-refractivity contribution in [1.82, 2.24) is 9.78 Å². The number of nitrogens with two attached hydrogens (primary N) is 2. The van der Waals surface area contributed by atoms with E-state index in [9.17, 15) is 9.59 Å². The highest BCUT2D eigenvalue weighted by Gasteiger charge is 2.13. The van der Waals surface area contributed by atoms with E-state index < -0.39 is 11.9 Å². The maximum atomic E-state index is 12.2. The number of amidine groups is 1. The molecular weight excluding hydrogens is 450 g/mol.